The van der Waals surface area contributed by atoms with Gasteiger partial charge in [0.25, 0.3) is 10.1 Å². The fraction of sp³-hybridized carbons (Fsp3) is 0.625. The minimum absolute atomic E-state index is 0.0250. The number of hydrogen-bond acceptors (Lipinski definition) is 5. The van der Waals surface area contributed by atoms with Gasteiger partial charge in [-0.15, -0.1) is 0 Å². The average molecular weight is 238 g/mol. The van der Waals surface area contributed by atoms with Gasteiger partial charge in [0.15, 0.2) is 0 Å². The maximum absolute atomic E-state index is 10.8. The molecule has 0 aromatic heterocycles. The van der Waals surface area contributed by atoms with Crippen LogP contribution in [0.25, 0.3) is 0 Å². The van der Waals surface area contributed by atoms with Crippen LogP contribution in [0.4, 0.5) is 0 Å². The van der Waals surface area contributed by atoms with Crippen LogP contribution in [-0.4, -0.2) is 44.5 Å². The van der Waals surface area contributed by atoms with Crippen molar-refractivity contribution in [2.24, 2.45) is 0 Å². The van der Waals surface area contributed by atoms with Gasteiger partial charge in [0, 0.05) is 5.57 Å². The molecule has 0 atom stereocenters. The first-order valence-corrected chi connectivity index (χ1v) is 5.79. The van der Waals surface area contributed by atoms with E-state index in [1.54, 1.807) is 0 Å². The smallest absolute Gasteiger partial charge is 0.333 e. The summed E-state index contributed by atoms with van der Waals surface area (Å²) in [6.07, 6.45) is 0. The van der Waals surface area contributed by atoms with Gasteiger partial charge in [-0.05, 0) is 6.92 Å². The molecule has 0 rings (SSSR count). The zero-order valence-corrected chi connectivity index (χ0v) is 9.25. The summed E-state index contributed by atoms with van der Waals surface area (Å²) in [4.78, 5) is 10.8. The van der Waals surface area contributed by atoms with E-state index >= 15 is 0 Å². The van der Waals surface area contributed by atoms with E-state index in [1.807, 2.05) is 0 Å². The van der Waals surface area contributed by atoms with E-state index in [1.165, 1.54) is 6.92 Å². The molecular formula is C8H14O6S. The number of esters is 1. The fourth-order valence-electron chi connectivity index (χ4n) is 0.583. The van der Waals surface area contributed by atoms with Crippen LogP contribution in [0.3, 0.4) is 0 Å². The van der Waals surface area contributed by atoms with Gasteiger partial charge in [-0.2, -0.15) is 8.42 Å². The van der Waals surface area contributed by atoms with Crippen molar-refractivity contribution in [3.05, 3.63) is 12.2 Å². The lowest BCUT2D eigenvalue weighted by Gasteiger charge is -2.04. The van der Waals surface area contributed by atoms with Gasteiger partial charge in [0.2, 0.25) is 0 Å². The highest BCUT2D eigenvalue weighted by Gasteiger charge is 2.04. The monoisotopic (exact) mass is 238 g/mol. The summed E-state index contributed by atoms with van der Waals surface area (Å²) in [6.45, 7) is 4.86. The highest BCUT2D eigenvalue weighted by molar-refractivity contribution is 7.85. The van der Waals surface area contributed by atoms with Crippen molar-refractivity contribution >= 4 is 16.1 Å². The molecule has 0 radical (unpaired) electrons. The Morgan fingerprint density at radius 1 is 1.33 bits per heavy atom. The summed E-state index contributed by atoms with van der Waals surface area (Å²) < 4.78 is 38.3. The maximum Gasteiger partial charge on any atom is 0.333 e. The second kappa shape index (κ2) is 6.54. The molecule has 0 aliphatic carbocycles. The standard InChI is InChI=1S/C8H14O6S/c1-7(2)8(9)14-4-3-13-5-6-15(10,11)12/h1,3-6H2,2H3,(H,10,11,12). The molecular weight excluding hydrogens is 224 g/mol. The van der Waals surface area contributed by atoms with Crippen molar-refractivity contribution in [1.82, 2.24) is 0 Å². The molecule has 0 heterocycles. The number of hydrogen-bond donors (Lipinski definition) is 1. The molecule has 1 N–H and O–H groups in total. The van der Waals surface area contributed by atoms with Crippen molar-refractivity contribution in [2.45, 2.75) is 6.92 Å². The summed E-state index contributed by atoms with van der Waals surface area (Å²) in [7, 11) is -3.99. The molecule has 0 aliphatic rings. The first-order chi connectivity index (χ1) is 6.83. The molecule has 0 aromatic rings. The molecule has 88 valence electrons. The molecule has 0 saturated carbocycles. The van der Waals surface area contributed by atoms with Crippen molar-refractivity contribution in [3.8, 4) is 0 Å². The highest BCUT2D eigenvalue weighted by Crippen LogP contribution is 1.91. The van der Waals surface area contributed by atoms with Gasteiger partial charge in [-0.3, -0.25) is 4.55 Å². The van der Waals surface area contributed by atoms with Crippen molar-refractivity contribution in [1.29, 1.82) is 0 Å². The van der Waals surface area contributed by atoms with E-state index < -0.39 is 21.8 Å². The SMILES string of the molecule is C=C(C)C(=O)OCCOCCS(=O)(=O)O. The van der Waals surface area contributed by atoms with Gasteiger partial charge < -0.3 is 9.47 Å². The van der Waals surface area contributed by atoms with Gasteiger partial charge >= 0.3 is 5.97 Å². The first kappa shape index (κ1) is 14.1. The predicted molar refractivity (Wildman–Crippen MR) is 53.0 cm³/mol. The summed E-state index contributed by atoms with van der Waals surface area (Å²) in [6, 6.07) is 0. The normalized spacial score (nSPS) is 11.1. The summed E-state index contributed by atoms with van der Waals surface area (Å²) in [5.41, 5.74) is 0.285. The quantitative estimate of drug-likeness (QED) is 0.291. The molecule has 0 unspecified atom stereocenters. The van der Waals surface area contributed by atoms with Crippen LogP contribution in [0.2, 0.25) is 0 Å². The predicted octanol–water partition coefficient (Wildman–Crippen LogP) is 0.0101. The Morgan fingerprint density at radius 2 is 1.93 bits per heavy atom. The second-order valence-corrected chi connectivity index (χ2v) is 4.39. The lowest BCUT2D eigenvalue weighted by molar-refractivity contribution is -0.140. The number of rotatable bonds is 7. The van der Waals surface area contributed by atoms with Crippen molar-refractivity contribution in [3.63, 3.8) is 0 Å². The molecule has 0 fully saturated rings. The van der Waals surface area contributed by atoms with Crippen molar-refractivity contribution in [2.75, 3.05) is 25.6 Å². The van der Waals surface area contributed by atoms with Gasteiger partial charge in [-0.1, -0.05) is 6.58 Å². The molecule has 6 nitrogen and oxygen atoms in total. The highest BCUT2D eigenvalue weighted by atomic mass is 32.2. The molecule has 0 saturated heterocycles. The third-order valence-corrected chi connectivity index (χ3v) is 1.98. The van der Waals surface area contributed by atoms with Crippen LogP contribution >= 0.6 is 0 Å². The lowest BCUT2D eigenvalue weighted by Crippen LogP contribution is -2.15. The third kappa shape index (κ3) is 9.39. The van der Waals surface area contributed by atoms with Crippen LogP contribution in [0.15, 0.2) is 12.2 Å². The minimum Gasteiger partial charge on any atom is -0.460 e. The maximum atomic E-state index is 10.8. The zero-order valence-electron chi connectivity index (χ0n) is 8.43. The minimum atomic E-state index is -3.99. The van der Waals surface area contributed by atoms with Crippen LogP contribution < -0.4 is 0 Å². The number of carbonyl (C=O) groups excluding carboxylic acids is 1. The summed E-state index contributed by atoms with van der Waals surface area (Å²) in [5, 5.41) is 0. The van der Waals surface area contributed by atoms with Crippen LogP contribution in [0, 0.1) is 0 Å². The van der Waals surface area contributed by atoms with Gasteiger partial charge in [0.1, 0.15) is 6.61 Å². The molecule has 0 aliphatic heterocycles. The van der Waals surface area contributed by atoms with Crippen molar-refractivity contribution < 1.29 is 27.2 Å². The Bertz CT molecular complexity index is 318. The Labute approximate surface area is 88.6 Å². The molecule has 0 spiro atoms. The second-order valence-electron chi connectivity index (χ2n) is 2.81. The van der Waals surface area contributed by atoms with E-state index in [0.717, 1.165) is 0 Å². The third-order valence-electron chi connectivity index (χ3n) is 1.29. The van der Waals surface area contributed by atoms with E-state index in [9.17, 15) is 13.2 Å². The summed E-state index contributed by atoms with van der Waals surface area (Å²) in [5.74, 6) is -0.991. The molecule has 15 heavy (non-hydrogen) atoms. The largest absolute Gasteiger partial charge is 0.460 e. The lowest BCUT2D eigenvalue weighted by atomic mass is 10.4. The van der Waals surface area contributed by atoms with E-state index in [0.29, 0.717) is 0 Å². The van der Waals surface area contributed by atoms with E-state index in [4.69, 9.17) is 9.29 Å². The Kier molecular flexibility index (Phi) is 6.14. The number of carbonyl (C=O) groups is 1. The van der Waals surface area contributed by atoms with Crippen LogP contribution in [0.1, 0.15) is 6.92 Å². The molecule has 0 amide bonds. The average Bonchev–Trinajstić information content (AvgIpc) is 2.08. The van der Waals surface area contributed by atoms with E-state index in [-0.39, 0.29) is 25.4 Å². The molecule has 7 heteroatoms. The fourth-order valence-corrected chi connectivity index (χ4v) is 0.911. The van der Waals surface area contributed by atoms with Gasteiger partial charge in [0.05, 0.1) is 19.0 Å². The molecule has 0 bridgehead atoms. The Balaban J connectivity index is 3.41. The zero-order chi connectivity index (χ0) is 11.9. The van der Waals surface area contributed by atoms with Gasteiger partial charge in [-0.25, -0.2) is 4.79 Å². The Hall–Kier alpha value is -0.920. The van der Waals surface area contributed by atoms with Crippen LogP contribution in [-0.2, 0) is 24.4 Å². The summed E-state index contributed by atoms with van der Waals surface area (Å²) >= 11 is 0. The first-order valence-electron chi connectivity index (χ1n) is 4.18. The molecule has 0 aromatic carbocycles. The Morgan fingerprint density at radius 3 is 2.40 bits per heavy atom. The van der Waals surface area contributed by atoms with E-state index in [2.05, 4.69) is 11.3 Å². The number of ether oxygens (including phenoxy) is 2. The topological polar surface area (TPSA) is 89.9 Å². The van der Waals surface area contributed by atoms with Crippen LogP contribution in [0.5, 0.6) is 0 Å².